The Morgan fingerprint density at radius 3 is 2.88 bits per heavy atom. The first-order valence-corrected chi connectivity index (χ1v) is 7.00. The van der Waals surface area contributed by atoms with Crippen molar-refractivity contribution >= 4 is 11.3 Å². The molecule has 0 spiro atoms. The van der Waals surface area contributed by atoms with Crippen LogP contribution in [-0.4, -0.2) is 19.2 Å². The zero-order valence-corrected chi connectivity index (χ0v) is 11.2. The van der Waals surface area contributed by atoms with Gasteiger partial charge >= 0.3 is 0 Å². The Morgan fingerprint density at radius 1 is 1.31 bits per heavy atom. The van der Waals surface area contributed by atoms with E-state index in [-0.39, 0.29) is 0 Å². The zero-order chi connectivity index (χ0) is 11.6. The van der Waals surface area contributed by atoms with Crippen LogP contribution >= 0.6 is 11.3 Å². The molecule has 0 aliphatic carbocycles. The van der Waals surface area contributed by atoms with Gasteiger partial charge in [-0.3, -0.25) is 0 Å². The zero-order valence-electron chi connectivity index (χ0n) is 10.4. The third-order valence-corrected chi connectivity index (χ3v) is 3.19. The molecule has 0 unspecified atom stereocenters. The van der Waals surface area contributed by atoms with E-state index in [1.165, 1.54) is 24.1 Å². The van der Waals surface area contributed by atoms with E-state index < -0.39 is 0 Å². The number of nitrogens with one attached hydrogen (secondary N) is 1. The molecule has 92 valence electrons. The topological polar surface area (TPSA) is 21.3 Å². The molecule has 1 aromatic heterocycles. The number of ether oxygens (including phenoxy) is 1. The highest BCUT2D eigenvalue weighted by Gasteiger charge is 1.95. The first-order chi connectivity index (χ1) is 7.79. The Morgan fingerprint density at radius 2 is 2.19 bits per heavy atom. The predicted molar refractivity (Wildman–Crippen MR) is 71.0 cm³/mol. The van der Waals surface area contributed by atoms with Gasteiger partial charge in [-0.1, -0.05) is 19.9 Å². The van der Waals surface area contributed by atoms with Crippen LogP contribution < -0.4 is 5.32 Å². The van der Waals surface area contributed by atoms with Crippen LogP contribution in [0, 0.1) is 0 Å². The van der Waals surface area contributed by atoms with E-state index >= 15 is 0 Å². The van der Waals surface area contributed by atoms with E-state index in [2.05, 4.69) is 36.7 Å². The second-order valence-electron chi connectivity index (χ2n) is 4.30. The summed E-state index contributed by atoms with van der Waals surface area (Å²) in [6, 6.07) is 4.80. The standard InChI is InChI=1S/C13H23NOS/c1-12(2)14-8-4-3-5-9-15-11-13-7-6-10-16-13/h6-7,10,12,14H,3-5,8-9,11H2,1-2H3. The molecule has 0 atom stereocenters. The average Bonchev–Trinajstić information content (AvgIpc) is 2.74. The summed E-state index contributed by atoms with van der Waals surface area (Å²) in [4.78, 5) is 1.32. The van der Waals surface area contributed by atoms with Gasteiger partial charge in [-0.15, -0.1) is 11.3 Å². The van der Waals surface area contributed by atoms with Crippen molar-refractivity contribution in [2.24, 2.45) is 0 Å². The van der Waals surface area contributed by atoms with Crippen molar-refractivity contribution in [3.05, 3.63) is 22.4 Å². The van der Waals surface area contributed by atoms with Crippen molar-refractivity contribution in [2.45, 2.75) is 45.8 Å². The van der Waals surface area contributed by atoms with E-state index in [0.29, 0.717) is 6.04 Å². The lowest BCUT2D eigenvalue weighted by atomic mass is 10.2. The van der Waals surface area contributed by atoms with Crippen LogP contribution in [0.2, 0.25) is 0 Å². The molecular weight excluding hydrogens is 218 g/mol. The number of unbranched alkanes of at least 4 members (excludes halogenated alkanes) is 2. The van der Waals surface area contributed by atoms with E-state index in [9.17, 15) is 0 Å². The summed E-state index contributed by atoms with van der Waals surface area (Å²) in [5, 5.41) is 5.51. The number of hydrogen-bond donors (Lipinski definition) is 1. The lowest BCUT2D eigenvalue weighted by Crippen LogP contribution is -2.23. The number of rotatable bonds is 9. The van der Waals surface area contributed by atoms with Gasteiger partial charge in [0.2, 0.25) is 0 Å². The predicted octanol–water partition coefficient (Wildman–Crippen LogP) is 3.43. The molecule has 0 saturated heterocycles. The van der Waals surface area contributed by atoms with Gasteiger partial charge in [-0.25, -0.2) is 0 Å². The smallest absolute Gasteiger partial charge is 0.0809 e. The minimum absolute atomic E-state index is 0.607. The van der Waals surface area contributed by atoms with Gasteiger partial charge in [0, 0.05) is 17.5 Å². The molecule has 16 heavy (non-hydrogen) atoms. The summed E-state index contributed by atoms with van der Waals surface area (Å²) in [5.74, 6) is 0. The average molecular weight is 241 g/mol. The summed E-state index contributed by atoms with van der Waals surface area (Å²) < 4.78 is 5.60. The molecular formula is C13H23NOS. The molecule has 0 aliphatic heterocycles. The quantitative estimate of drug-likeness (QED) is 0.669. The maximum absolute atomic E-state index is 5.60. The molecule has 0 bridgehead atoms. The minimum atomic E-state index is 0.607. The summed E-state index contributed by atoms with van der Waals surface area (Å²) >= 11 is 1.76. The molecule has 1 heterocycles. The molecule has 3 heteroatoms. The second-order valence-corrected chi connectivity index (χ2v) is 5.33. The monoisotopic (exact) mass is 241 g/mol. The molecule has 0 saturated carbocycles. The maximum Gasteiger partial charge on any atom is 0.0809 e. The van der Waals surface area contributed by atoms with Crippen LogP contribution in [0.1, 0.15) is 38.0 Å². The normalized spacial score (nSPS) is 11.2. The highest BCUT2D eigenvalue weighted by Crippen LogP contribution is 2.09. The van der Waals surface area contributed by atoms with Gasteiger partial charge in [-0.05, 0) is 37.3 Å². The Labute approximate surface area is 103 Å². The molecule has 1 rings (SSSR count). The van der Waals surface area contributed by atoms with Gasteiger partial charge < -0.3 is 10.1 Å². The fraction of sp³-hybridized carbons (Fsp3) is 0.692. The highest BCUT2D eigenvalue weighted by molar-refractivity contribution is 7.09. The van der Waals surface area contributed by atoms with Crippen LogP contribution in [-0.2, 0) is 11.3 Å². The van der Waals surface area contributed by atoms with Gasteiger partial charge in [0.05, 0.1) is 6.61 Å². The van der Waals surface area contributed by atoms with Gasteiger partial charge in [0.15, 0.2) is 0 Å². The molecule has 0 aromatic carbocycles. The van der Waals surface area contributed by atoms with Crippen molar-refractivity contribution in [1.82, 2.24) is 5.32 Å². The van der Waals surface area contributed by atoms with Crippen molar-refractivity contribution in [3.63, 3.8) is 0 Å². The van der Waals surface area contributed by atoms with Gasteiger partial charge in [0.25, 0.3) is 0 Å². The third-order valence-electron chi connectivity index (χ3n) is 2.34. The van der Waals surface area contributed by atoms with Crippen molar-refractivity contribution in [3.8, 4) is 0 Å². The van der Waals surface area contributed by atoms with E-state index in [4.69, 9.17) is 4.74 Å². The van der Waals surface area contributed by atoms with Crippen LogP contribution in [0.3, 0.4) is 0 Å². The van der Waals surface area contributed by atoms with E-state index in [1.807, 2.05) is 0 Å². The molecule has 0 radical (unpaired) electrons. The number of hydrogen-bond acceptors (Lipinski definition) is 3. The molecule has 0 amide bonds. The molecule has 0 aliphatic rings. The largest absolute Gasteiger partial charge is 0.376 e. The molecule has 2 nitrogen and oxygen atoms in total. The van der Waals surface area contributed by atoms with Crippen LogP contribution in [0.25, 0.3) is 0 Å². The van der Waals surface area contributed by atoms with Gasteiger partial charge in [-0.2, -0.15) is 0 Å². The van der Waals surface area contributed by atoms with E-state index in [0.717, 1.165) is 19.8 Å². The fourth-order valence-corrected chi connectivity index (χ4v) is 2.10. The minimum Gasteiger partial charge on any atom is -0.376 e. The van der Waals surface area contributed by atoms with Crippen LogP contribution in [0.4, 0.5) is 0 Å². The summed E-state index contributed by atoms with van der Waals surface area (Å²) in [6.45, 7) is 7.17. The SMILES string of the molecule is CC(C)NCCCCCOCc1cccs1. The van der Waals surface area contributed by atoms with Gasteiger partial charge in [0.1, 0.15) is 0 Å². The second kappa shape index (κ2) is 8.74. The fourth-order valence-electron chi connectivity index (χ4n) is 1.46. The Hall–Kier alpha value is -0.380. The Kier molecular flexibility index (Phi) is 7.47. The van der Waals surface area contributed by atoms with Crippen molar-refractivity contribution in [2.75, 3.05) is 13.2 Å². The third kappa shape index (κ3) is 6.99. The molecule has 0 fully saturated rings. The first-order valence-electron chi connectivity index (χ1n) is 6.12. The van der Waals surface area contributed by atoms with Crippen molar-refractivity contribution < 1.29 is 4.74 Å². The summed E-state index contributed by atoms with van der Waals surface area (Å²) in [6.07, 6.45) is 3.68. The Bertz CT molecular complexity index is 246. The lowest BCUT2D eigenvalue weighted by Gasteiger charge is -2.07. The van der Waals surface area contributed by atoms with Crippen LogP contribution in [0.15, 0.2) is 17.5 Å². The Balaban J connectivity index is 1.82. The highest BCUT2D eigenvalue weighted by atomic mass is 32.1. The maximum atomic E-state index is 5.60. The molecule has 1 aromatic rings. The van der Waals surface area contributed by atoms with Crippen molar-refractivity contribution in [1.29, 1.82) is 0 Å². The lowest BCUT2D eigenvalue weighted by molar-refractivity contribution is 0.119. The van der Waals surface area contributed by atoms with Crippen LogP contribution in [0.5, 0.6) is 0 Å². The summed E-state index contributed by atoms with van der Waals surface area (Å²) in [5.41, 5.74) is 0. The van der Waals surface area contributed by atoms with E-state index in [1.54, 1.807) is 11.3 Å². The summed E-state index contributed by atoms with van der Waals surface area (Å²) in [7, 11) is 0. The molecule has 1 N–H and O–H groups in total. The first kappa shape index (κ1) is 13.7. The number of thiophene rings is 1.